The van der Waals surface area contributed by atoms with E-state index < -0.39 is 8.07 Å². The van der Waals surface area contributed by atoms with Gasteiger partial charge in [-0.15, -0.1) is 11.8 Å². The normalized spacial score (nSPS) is 19.1. The largest absolute Gasteiger partial charge is 0.295 e. The van der Waals surface area contributed by atoms with Gasteiger partial charge in [0, 0.05) is 5.57 Å². The van der Waals surface area contributed by atoms with Crippen molar-refractivity contribution in [1.29, 1.82) is 0 Å². The third kappa shape index (κ3) is 2.71. The van der Waals surface area contributed by atoms with Crippen LogP contribution in [0.25, 0.3) is 0 Å². The highest BCUT2D eigenvalue weighted by atomic mass is 32.2. The molecule has 0 amide bonds. The highest BCUT2D eigenvalue weighted by Gasteiger charge is 2.27. The van der Waals surface area contributed by atoms with Crippen LogP contribution in [0.4, 0.5) is 0 Å². The Bertz CT molecular complexity index is 250. The summed E-state index contributed by atoms with van der Waals surface area (Å²) in [5.74, 6) is 1.50. The van der Waals surface area contributed by atoms with Crippen molar-refractivity contribution in [3.8, 4) is 0 Å². The van der Waals surface area contributed by atoms with E-state index in [4.69, 9.17) is 0 Å². The van der Waals surface area contributed by atoms with E-state index in [0.29, 0.717) is 5.78 Å². The van der Waals surface area contributed by atoms with Crippen LogP contribution in [0.3, 0.4) is 0 Å². The van der Waals surface area contributed by atoms with E-state index in [2.05, 4.69) is 19.6 Å². The Labute approximate surface area is 86.0 Å². The van der Waals surface area contributed by atoms with Gasteiger partial charge < -0.3 is 0 Å². The Morgan fingerprint density at radius 1 is 1.38 bits per heavy atom. The lowest BCUT2D eigenvalue weighted by Gasteiger charge is -2.27. The van der Waals surface area contributed by atoms with Gasteiger partial charge in [-0.25, -0.2) is 0 Å². The maximum Gasteiger partial charge on any atom is 0.156 e. The maximum absolute atomic E-state index is 11.4. The average Bonchev–Trinajstić information content (AvgIpc) is 2.03. The molecule has 1 aliphatic heterocycles. The summed E-state index contributed by atoms with van der Waals surface area (Å²) in [6, 6.07) is 0. The van der Waals surface area contributed by atoms with E-state index in [1.165, 1.54) is 16.7 Å². The van der Waals surface area contributed by atoms with Gasteiger partial charge in [0.25, 0.3) is 0 Å². The summed E-state index contributed by atoms with van der Waals surface area (Å²) < 4.78 is 1.45. The highest BCUT2D eigenvalue weighted by Crippen LogP contribution is 2.36. The first kappa shape index (κ1) is 11.1. The molecule has 0 aromatic heterocycles. The van der Waals surface area contributed by atoms with Gasteiger partial charge in [-0.05, 0) is 30.0 Å². The number of hydrogen-bond donors (Lipinski definition) is 0. The van der Waals surface area contributed by atoms with Gasteiger partial charge in [0.05, 0.1) is 8.07 Å². The number of ketones is 1. The topological polar surface area (TPSA) is 17.1 Å². The minimum absolute atomic E-state index is 0.296. The summed E-state index contributed by atoms with van der Waals surface area (Å²) in [7, 11) is -1.26. The molecule has 1 heterocycles. The minimum atomic E-state index is -1.26. The summed E-state index contributed by atoms with van der Waals surface area (Å²) >= 11 is 1.93. The molecule has 1 aliphatic rings. The van der Waals surface area contributed by atoms with Crippen LogP contribution in [-0.2, 0) is 4.79 Å². The van der Waals surface area contributed by atoms with Crippen molar-refractivity contribution in [3.63, 3.8) is 0 Å². The number of carbonyl (C=O) groups excluding carboxylic acids is 1. The molecule has 0 radical (unpaired) electrons. The summed E-state index contributed by atoms with van der Waals surface area (Å²) in [4.78, 5) is 11.4. The summed E-state index contributed by atoms with van der Waals surface area (Å²) in [5, 5.41) is 0. The SMILES string of the molecule is CC(=O)C1=C([Si](C)(C)C)SCCC1. The lowest BCUT2D eigenvalue weighted by Crippen LogP contribution is -2.27. The molecule has 0 bridgehead atoms. The van der Waals surface area contributed by atoms with E-state index >= 15 is 0 Å². The number of rotatable bonds is 2. The first-order chi connectivity index (χ1) is 5.93. The van der Waals surface area contributed by atoms with Crippen LogP contribution < -0.4 is 0 Å². The second-order valence-electron chi connectivity index (χ2n) is 4.57. The lowest BCUT2D eigenvalue weighted by molar-refractivity contribution is -0.113. The second-order valence-corrected chi connectivity index (χ2v) is 11.0. The molecule has 3 heteroatoms. The van der Waals surface area contributed by atoms with Crippen LogP contribution in [-0.4, -0.2) is 19.6 Å². The molecule has 0 spiro atoms. The predicted molar refractivity (Wildman–Crippen MR) is 62.7 cm³/mol. The molecule has 13 heavy (non-hydrogen) atoms. The minimum Gasteiger partial charge on any atom is -0.295 e. The highest BCUT2D eigenvalue weighted by molar-refractivity contribution is 8.05. The molecule has 74 valence electrons. The van der Waals surface area contributed by atoms with Gasteiger partial charge in [0.1, 0.15) is 0 Å². The smallest absolute Gasteiger partial charge is 0.156 e. The number of Topliss-reactive ketones (excluding diaryl/α,β-unsaturated/α-hetero) is 1. The molecule has 0 N–H and O–H groups in total. The molecule has 1 nitrogen and oxygen atoms in total. The Morgan fingerprint density at radius 3 is 2.38 bits per heavy atom. The number of thioether (sulfide) groups is 1. The Balaban J connectivity index is 3.04. The third-order valence-corrected chi connectivity index (χ3v) is 7.16. The first-order valence-corrected chi connectivity index (χ1v) is 9.29. The average molecular weight is 214 g/mol. The fraction of sp³-hybridized carbons (Fsp3) is 0.700. The van der Waals surface area contributed by atoms with Crippen molar-refractivity contribution in [3.05, 3.63) is 10.1 Å². The number of hydrogen-bond acceptors (Lipinski definition) is 2. The van der Waals surface area contributed by atoms with E-state index in [0.717, 1.165) is 12.0 Å². The molecule has 0 aromatic rings. The fourth-order valence-corrected chi connectivity index (χ4v) is 5.79. The molecular formula is C10H18OSSi. The van der Waals surface area contributed by atoms with Crippen LogP contribution in [0.2, 0.25) is 19.6 Å². The summed E-state index contributed by atoms with van der Waals surface area (Å²) in [6.45, 7) is 8.68. The van der Waals surface area contributed by atoms with Crippen molar-refractivity contribution in [1.82, 2.24) is 0 Å². The molecular weight excluding hydrogens is 196 g/mol. The fourth-order valence-electron chi connectivity index (χ4n) is 1.63. The van der Waals surface area contributed by atoms with Gasteiger partial charge in [-0.1, -0.05) is 19.6 Å². The van der Waals surface area contributed by atoms with E-state index in [1.54, 1.807) is 6.92 Å². The molecule has 0 saturated carbocycles. The molecule has 0 aromatic carbocycles. The molecule has 0 unspecified atom stereocenters. The zero-order valence-electron chi connectivity index (χ0n) is 8.94. The van der Waals surface area contributed by atoms with Crippen molar-refractivity contribution >= 4 is 25.6 Å². The monoisotopic (exact) mass is 214 g/mol. The summed E-state index contributed by atoms with van der Waals surface area (Å²) in [5.41, 5.74) is 1.13. The zero-order chi connectivity index (χ0) is 10.1. The van der Waals surface area contributed by atoms with Crippen molar-refractivity contribution in [2.75, 3.05) is 5.75 Å². The van der Waals surface area contributed by atoms with Crippen LogP contribution in [0.1, 0.15) is 19.8 Å². The van der Waals surface area contributed by atoms with Gasteiger partial charge in [-0.3, -0.25) is 4.79 Å². The zero-order valence-corrected chi connectivity index (χ0v) is 10.8. The van der Waals surface area contributed by atoms with E-state index in [-0.39, 0.29) is 0 Å². The standard InChI is InChI=1S/C10H18OSSi/c1-8(11)9-6-5-7-12-10(9)13(2,3)4/h5-7H2,1-4H3. The summed E-state index contributed by atoms with van der Waals surface area (Å²) in [6.07, 6.45) is 2.19. The number of carbonyl (C=O) groups is 1. The van der Waals surface area contributed by atoms with Crippen molar-refractivity contribution < 1.29 is 4.79 Å². The Morgan fingerprint density at radius 2 is 2.00 bits per heavy atom. The van der Waals surface area contributed by atoms with Crippen molar-refractivity contribution in [2.45, 2.75) is 39.4 Å². The molecule has 0 saturated heterocycles. The third-order valence-electron chi connectivity index (χ3n) is 2.20. The number of allylic oxidation sites excluding steroid dienone is 1. The maximum atomic E-state index is 11.4. The van der Waals surface area contributed by atoms with Gasteiger partial charge in [0.15, 0.2) is 5.78 Å². The molecule has 0 fully saturated rings. The van der Waals surface area contributed by atoms with Gasteiger partial charge in [-0.2, -0.15) is 0 Å². The Hall–Kier alpha value is -0.0231. The van der Waals surface area contributed by atoms with Crippen LogP contribution in [0.15, 0.2) is 10.1 Å². The van der Waals surface area contributed by atoms with Gasteiger partial charge in [0.2, 0.25) is 0 Å². The predicted octanol–water partition coefficient (Wildman–Crippen LogP) is 3.23. The second kappa shape index (κ2) is 4.01. The van der Waals surface area contributed by atoms with Crippen LogP contribution in [0, 0.1) is 0 Å². The van der Waals surface area contributed by atoms with Crippen LogP contribution >= 0.6 is 11.8 Å². The molecule has 1 rings (SSSR count). The Kier molecular flexibility index (Phi) is 3.41. The quantitative estimate of drug-likeness (QED) is 0.657. The van der Waals surface area contributed by atoms with Crippen molar-refractivity contribution in [2.24, 2.45) is 0 Å². The van der Waals surface area contributed by atoms with Gasteiger partial charge >= 0.3 is 0 Å². The molecule has 0 atom stereocenters. The first-order valence-electron chi connectivity index (χ1n) is 4.80. The molecule has 0 aliphatic carbocycles. The van der Waals surface area contributed by atoms with E-state index in [1.807, 2.05) is 11.8 Å². The lowest BCUT2D eigenvalue weighted by atomic mass is 10.1. The van der Waals surface area contributed by atoms with Crippen LogP contribution in [0.5, 0.6) is 0 Å². The van der Waals surface area contributed by atoms with E-state index in [9.17, 15) is 4.79 Å².